The third-order valence-electron chi connectivity index (χ3n) is 3.08. The van der Waals surface area contributed by atoms with Crippen molar-refractivity contribution in [2.75, 3.05) is 19.7 Å². The van der Waals surface area contributed by atoms with Gasteiger partial charge in [-0.2, -0.15) is 0 Å². The predicted molar refractivity (Wildman–Crippen MR) is 71.9 cm³/mol. The van der Waals surface area contributed by atoms with Gasteiger partial charge in [0.25, 0.3) is 5.91 Å². The summed E-state index contributed by atoms with van der Waals surface area (Å²) in [5, 5.41) is 9.03. The number of carbonyl (C=O) groups is 2. The monoisotopic (exact) mass is 283 g/mol. The molecule has 1 aliphatic heterocycles. The van der Waals surface area contributed by atoms with E-state index >= 15 is 0 Å². The van der Waals surface area contributed by atoms with Gasteiger partial charge in [-0.3, -0.25) is 4.79 Å². The SMILES string of the molecule is Cc1cc(OCC(=O)N2CCCCC2)c(C(=O)O)s1. The Labute approximate surface area is 115 Å². The van der Waals surface area contributed by atoms with E-state index in [0.29, 0.717) is 5.75 Å². The van der Waals surface area contributed by atoms with Crippen molar-refractivity contribution in [3.8, 4) is 5.75 Å². The Kier molecular flexibility index (Phi) is 4.42. The van der Waals surface area contributed by atoms with E-state index in [-0.39, 0.29) is 17.4 Å². The number of rotatable bonds is 4. The van der Waals surface area contributed by atoms with Gasteiger partial charge in [-0.15, -0.1) is 11.3 Å². The standard InChI is InChI=1S/C13H17NO4S/c1-9-7-10(12(19-9)13(16)17)18-8-11(15)14-5-3-2-4-6-14/h7H,2-6,8H2,1H3,(H,16,17). The zero-order valence-electron chi connectivity index (χ0n) is 10.8. The van der Waals surface area contributed by atoms with Crippen LogP contribution in [0.4, 0.5) is 0 Å². The van der Waals surface area contributed by atoms with Gasteiger partial charge < -0.3 is 14.7 Å². The number of carboxylic acids is 1. The molecule has 2 heterocycles. The first-order chi connectivity index (χ1) is 9.08. The van der Waals surface area contributed by atoms with Crippen molar-refractivity contribution in [2.24, 2.45) is 0 Å². The Morgan fingerprint density at radius 2 is 2.05 bits per heavy atom. The molecule has 1 aromatic heterocycles. The molecule has 0 atom stereocenters. The normalized spacial score (nSPS) is 15.3. The van der Waals surface area contributed by atoms with Crippen LogP contribution in [0.15, 0.2) is 6.07 Å². The summed E-state index contributed by atoms with van der Waals surface area (Å²) in [5.74, 6) is -0.793. The maximum atomic E-state index is 11.9. The third kappa shape index (κ3) is 3.47. The van der Waals surface area contributed by atoms with Gasteiger partial charge >= 0.3 is 5.97 Å². The maximum Gasteiger partial charge on any atom is 0.349 e. The lowest BCUT2D eigenvalue weighted by atomic mass is 10.1. The highest BCUT2D eigenvalue weighted by Crippen LogP contribution is 2.28. The van der Waals surface area contributed by atoms with Gasteiger partial charge in [0.1, 0.15) is 5.75 Å². The summed E-state index contributed by atoms with van der Waals surface area (Å²) < 4.78 is 5.37. The van der Waals surface area contributed by atoms with Crippen LogP contribution in [0.5, 0.6) is 5.75 Å². The van der Waals surface area contributed by atoms with E-state index < -0.39 is 5.97 Å². The first-order valence-electron chi connectivity index (χ1n) is 6.32. The third-order valence-corrected chi connectivity index (χ3v) is 4.10. The molecule has 6 heteroatoms. The summed E-state index contributed by atoms with van der Waals surface area (Å²) in [4.78, 5) is 25.7. The molecule has 0 spiro atoms. The fourth-order valence-corrected chi connectivity index (χ4v) is 2.91. The summed E-state index contributed by atoms with van der Waals surface area (Å²) in [6, 6.07) is 1.66. The molecule has 1 saturated heterocycles. The fourth-order valence-electron chi connectivity index (χ4n) is 2.12. The fraction of sp³-hybridized carbons (Fsp3) is 0.538. The van der Waals surface area contributed by atoms with Crippen LogP contribution in [0.25, 0.3) is 0 Å². The van der Waals surface area contributed by atoms with Crippen molar-refractivity contribution in [1.82, 2.24) is 4.90 Å². The van der Waals surface area contributed by atoms with Crippen LogP contribution < -0.4 is 4.74 Å². The summed E-state index contributed by atoms with van der Waals surface area (Å²) in [6.45, 7) is 3.28. The molecule has 0 radical (unpaired) electrons. The van der Waals surface area contributed by atoms with E-state index in [9.17, 15) is 9.59 Å². The minimum absolute atomic E-state index is 0.0695. The van der Waals surface area contributed by atoms with Gasteiger partial charge in [-0.05, 0) is 32.3 Å². The average molecular weight is 283 g/mol. The highest BCUT2D eigenvalue weighted by Gasteiger charge is 2.19. The molecule has 0 bridgehead atoms. The predicted octanol–water partition coefficient (Wildman–Crippen LogP) is 2.15. The topological polar surface area (TPSA) is 66.8 Å². The Morgan fingerprint density at radius 3 is 2.68 bits per heavy atom. The van der Waals surface area contributed by atoms with Crippen molar-refractivity contribution in [1.29, 1.82) is 0 Å². The number of hydrogen-bond donors (Lipinski definition) is 1. The molecule has 1 fully saturated rings. The van der Waals surface area contributed by atoms with Crippen LogP contribution in [0, 0.1) is 6.92 Å². The van der Waals surface area contributed by atoms with Crippen LogP contribution in [0.2, 0.25) is 0 Å². The van der Waals surface area contributed by atoms with E-state index in [0.717, 1.165) is 48.6 Å². The van der Waals surface area contributed by atoms with Crippen molar-refractivity contribution >= 4 is 23.2 Å². The number of carbonyl (C=O) groups excluding carboxylic acids is 1. The second kappa shape index (κ2) is 6.06. The summed E-state index contributed by atoms with van der Waals surface area (Å²) >= 11 is 1.16. The summed E-state index contributed by atoms with van der Waals surface area (Å²) in [7, 11) is 0. The van der Waals surface area contributed by atoms with Crippen LogP contribution >= 0.6 is 11.3 Å². The molecule has 1 N–H and O–H groups in total. The molecule has 19 heavy (non-hydrogen) atoms. The maximum absolute atomic E-state index is 11.9. The second-order valence-corrected chi connectivity index (χ2v) is 5.84. The molecule has 1 aromatic rings. The number of piperidine rings is 1. The lowest BCUT2D eigenvalue weighted by Crippen LogP contribution is -2.38. The first-order valence-corrected chi connectivity index (χ1v) is 7.14. The molecule has 2 rings (SSSR count). The van der Waals surface area contributed by atoms with Crippen molar-refractivity contribution in [2.45, 2.75) is 26.2 Å². The summed E-state index contributed by atoms with van der Waals surface area (Å²) in [5.41, 5.74) is 0. The Hall–Kier alpha value is -1.56. The molecule has 0 saturated carbocycles. The van der Waals surface area contributed by atoms with Crippen LogP contribution in [0.1, 0.15) is 33.8 Å². The smallest absolute Gasteiger partial charge is 0.349 e. The molecule has 5 nitrogen and oxygen atoms in total. The molecule has 1 aliphatic rings. The average Bonchev–Trinajstić information content (AvgIpc) is 2.78. The van der Waals surface area contributed by atoms with E-state index in [1.54, 1.807) is 11.0 Å². The molecule has 0 aromatic carbocycles. The van der Waals surface area contributed by atoms with E-state index in [1.807, 2.05) is 6.92 Å². The zero-order valence-corrected chi connectivity index (χ0v) is 11.7. The van der Waals surface area contributed by atoms with Gasteiger partial charge in [0, 0.05) is 18.0 Å². The number of likely N-dealkylation sites (tertiary alicyclic amines) is 1. The Bertz CT molecular complexity index is 477. The van der Waals surface area contributed by atoms with Crippen LogP contribution in [0.3, 0.4) is 0 Å². The van der Waals surface area contributed by atoms with Gasteiger partial charge in [0.05, 0.1) is 0 Å². The molecule has 0 aliphatic carbocycles. The summed E-state index contributed by atoms with van der Waals surface area (Å²) in [6.07, 6.45) is 3.23. The quantitative estimate of drug-likeness (QED) is 0.919. The highest BCUT2D eigenvalue weighted by molar-refractivity contribution is 7.14. The van der Waals surface area contributed by atoms with Gasteiger partial charge in [-0.25, -0.2) is 4.79 Å². The zero-order chi connectivity index (χ0) is 13.8. The number of ether oxygens (including phenoxy) is 1. The number of nitrogens with zero attached hydrogens (tertiary/aromatic N) is 1. The van der Waals surface area contributed by atoms with E-state index in [2.05, 4.69) is 0 Å². The molecular weight excluding hydrogens is 266 g/mol. The minimum Gasteiger partial charge on any atom is -0.482 e. The van der Waals surface area contributed by atoms with Crippen molar-refractivity contribution in [3.63, 3.8) is 0 Å². The Morgan fingerprint density at radius 1 is 1.37 bits per heavy atom. The van der Waals surface area contributed by atoms with Crippen LogP contribution in [-0.4, -0.2) is 41.6 Å². The molecule has 1 amide bonds. The molecular formula is C13H17NO4S. The van der Waals surface area contributed by atoms with Crippen LogP contribution in [-0.2, 0) is 4.79 Å². The van der Waals surface area contributed by atoms with Gasteiger partial charge in [0.15, 0.2) is 11.5 Å². The highest BCUT2D eigenvalue weighted by atomic mass is 32.1. The lowest BCUT2D eigenvalue weighted by molar-refractivity contribution is -0.134. The first kappa shape index (κ1) is 13.9. The number of aryl methyl sites for hydroxylation is 1. The van der Waals surface area contributed by atoms with Crippen molar-refractivity contribution in [3.05, 3.63) is 15.8 Å². The number of thiophene rings is 1. The van der Waals surface area contributed by atoms with E-state index in [1.165, 1.54) is 0 Å². The van der Waals surface area contributed by atoms with Crippen molar-refractivity contribution < 1.29 is 19.4 Å². The number of carboxylic acid groups (broad SMARTS) is 1. The van der Waals surface area contributed by atoms with E-state index in [4.69, 9.17) is 9.84 Å². The lowest BCUT2D eigenvalue weighted by Gasteiger charge is -2.26. The Balaban J connectivity index is 1.94. The second-order valence-electron chi connectivity index (χ2n) is 4.59. The van der Waals surface area contributed by atoms with Gasteiger partial charge in [0.2, 0.25) is 0 Å². The number of aromatic carboxylic acids is 1. The minimum atomic E-state index is -1.02. The van der Waals surface area contributed by atoms with Gasteiger partial charge in [-0.1, -0.05) is 0 Å². The largest absolute Gasteiger partial charge is 0.482 e. The number of hydrogen-bond acceptors (Lipinski definition) is 4. The number of amides is 1. The molecule has 0 unspecified atom stereocenters. The molecule has 104 valence electrons.